The first-order valence-electron chi connectivity index (χ1n) is 12.6. The monoisotopic (exact) mass is 571 g/mol. The molecule has 0 unspecified atom stereocenters. The molecule has 2 amide bonds. The first-order valence-corrected chi connectivity index (χ1v) is 14.8. The van der Waals surface area contributed by atoms with Crippen molar-refractivity contribution in [2.45, 2.75) is 32.4 Å². The molecule has 8 nitrogen and oxygen atoms in total. The first kappa shape index (κ1) is 30.0. The standard InChI is InChI=1S/C29H34ClN3O5S/c1-4-18-31-29(35)27(19-22-8-6-5-7-9-22)32(20-23-10-12-24(30)13-11-23)28(34)21-33(39(3,36)37)25-14-16-26(38-2)17-15-25/h5-17,27H,4,18-21H2,1-3H3,(H,31,35)/t27-/m1/s1. The van der Waals surface area contributed by atoms with E-state index in [1.54, 1.807) is 48.5 Å². The number of halogens is 1. The summed E-state index contributed by atoms with van der Waals surface area (Å²) in [7, 11) is -2.32. The molecule has 0 radical (unpaired) electrons. The topological polar surface area (TPSA) is 96.0 Å². The van der Waals surface area contributed by atoms with E-state index in [0.717, 1.165) is 28.1 Å². The molecular weight excluding hydrogens is 538 g/mol. The molecule has 3 aromatic carbocycles. The number of ether oxygens (including phenoxy) is 1. The van der Waals surface area contributed by atoms with Crippen LogP contribution in [0.25, 0.3) is 0 Å². The van der Waals surface area contributed by atoms with E-state index in [0.29, 0.717) is 23.0 Å². The van der Waals surface area contributed by atoms with Crippen LogP contribution < -0.4 is 14.4 Å². The van der Waals surface area contributed by atoms with Crippen molar-refractivity contribution in [2.75, 3.05) is 30.8 Å². The number of sulfonamides is 1. The van der Waals surface area contributed by atoms with Crippen LogP contribution >= 0.6 is 11.6 Å². The van der Waals surface area contributed by atoms with E-state index in [1.165, 1.54) is 12.0 Å². The zero-order valence-corrected chi connectivity index (χ0v) is 23.9. The van der Waals surface area contributed by atoms with E-state index in [9.17, 15) is 18.0 Å². The van der Waals surface area contributed by atoms with E-state index in [1.807, 2.05) is 37.3 Å². The molecule has 0 saturated heterocycles. The Hall–Kier alpha value is -3.56. The van der Waals surface area contributed by atoms with Gasteiger partial charge in [0.2, 0.25) is 21.8 Å². The van der Waals surface area contributed by atoms with Gasteiger partial charge in [0.1, 0.15) is 18.3 Å². The second kappa shape index (κ2) is 14.0. The predicted molar refractivity (Wildman–Crippen MR) is 154 cm³/mol. The fourth-order valence-corrected chi connectivity index (χ4v) is 5.04. The summed E-state index contributed by atoms with van der Waals surface area (Å²) in [5.74, 6) is -0.268. The zero-order chi connectivity index (χ0) is 28.4. The molecule has 0 saturated carbocycles. The number of benzene rings is 3. The normalized spacial score (nSPS) is 11.9. The number of anilines is 1. The van der Waals surface area contributed by atoms with Gasteiger partial charge in [0.05, 0.1) is 19.1 Å². The van der Waals surface area contributed by atoms with Crippen LogP contribution in [0.4, 0.5) is 5.69 Å². The maximum absolute atomic E-state index is 14.0. The maximum Gasteiger partial charge on any atom is 0.244 e. The van der Waals surface area contributed by atoms with Crippen molar-refractivity contribution in [3.05, 3.63) is 95.0 Å². The molecule has 0 fully saturated rings. The third-order valence-corrected chi connectivity index (χ3v) is 7.52. The molecule has 3 aromatic rings. The zero-order valence-electron chi connectivity index (χ0n) is 22.3. The number of rotatable bonds is 13. The highest BCUT2D eigenvalue weighted by Crippen LogP contribution is 2.23. The number of amides is 2. The Labute approximate surface area is 235 Å². The Balaban J connectivity index is 2.02. The summed E-state index contributed by atoms with van der Waals surface area (Å²) in [6, 6.07) is 21.9. The number of carbonyl (C=O) groups is 2. The van der Waals surface area contributed by atoms with Gasteiger partial charge in [-0.05, 0) is 53.9 Å². The Bertz CT molecular complexity index is 1330. The highest BCUT2D eigenvalue weighted by atomic mass is 35.5. The third kappa shape index (κ3) is 8.73. The average Bonchev–Trinajstić information content (AvgIpc) is 2.93. The van der Waals surface area contributed by atoms with Gasteiger partial charge >= 0.3 is 0 Å². The second-order valence-corrected chi connectivity index (χ2v) is 11.5. The predicted octanol–water partition coefficient (Wildman–Crippen LogP) is 4.28. The third-order valence-electron chi connectivity index (χ3n) is 6.13. The molecule has 0 bridgehead atoms. The van der Waals surface area contributed by atoms with Gasteiger partial charge in [-0.15, -0.1) is 0 Å². The van der Waals surface area contributed by atoms with Crippen LogP contribution in [0.15, 0.2) is 78.9 Å². The van der Waals surface area contributed by atoms with Crippen molar-refractivity contribution in [3.8, 4) is 5.75 Å². The summed E-state index contributed by atoms with van der Waals surface area (Å²) < 4.78 is 31.8. The number of methoxy groups -OCH3 is 1. The van der Waals surface area contributed by atoms with Crippen LogP contribution in [0, 0.1) is 0 Å². The molecule has 0 aromatic heterocycles. The lowest BCUT2D eigenvalue weighted by Crippen LogP contribution is -2.53. The molecule has 0 aliphatic carbocycles. The quantitative estimate of drug-likeness (QED) is 0.330. The van der Waals surface area contributed by atoms with Gasteiger partial charge in [-0.25, -0.2) is 8.42 Å². The van der Waals surface area contributed by atoms with Crippen molar-refractivity contribution in [3.63, 3.8) is 0 Å². The SMILES string of the molecule is CCCNC(=O)[C@@H](Cc1ccccc1)N(Cc1ccc(Cl)cc1)C(=O)CN(c1ccc(OC)cc1)S(C)(=O)=O. The lowest BCUT2D eigenvalue weighted by atomic mass is 10.0. The molecule has 0 aliphatic rings. The van der Waals surface area contributed by atoms with Gasteiger partial charge in [0.25, 0.3) is 0 Å². The Morgan fingerprint density at radius 2 is 1.59 bits per heavy atom. The lowest BCUT2D eigenvalue weighted by molar-refractivity contribution is -0.140. The molecule has 3 rings (SSSR count). The van der Waals surface area contributed by atoms with E-state index in [-0.39, 0.29) is 18.9 Å². The highest BCUT2D eigenvalue weighted by molar-refractivity contribution is 7.92. The van der Waals surface area contributed by atoms with Crippen LogP contribution in [0.1, 0.15) is 24.5 Å². The summed E-state index contributed by atoms with van der Waals surface area (Å²) in [5.41, 5.74) is 1.94. The smallest absolute Gasteiger partial charge is 0.244 e. The maximum atomic E-state index is 14.0. The number of nitrogens with one attached hydrogen (secondary N) is 1. The van der Waals surface area contributed by atoms with Crippen LogP contribution in [-0.2, 0) is 32.6 Å². The summed E-state index contributed by atoms with van der Waals surface area (Å²) in [6.07, 6.45) is 2.04. The summed E-state index contributed by atoms with van der Waals surface area (Å²) >= 11 is 6.07. The molecule has 208 valence electrons. The molecule has 0 aliphatic heterocycles. The fraction of sp³-hybridized carbons (Fsp3) is 0.310. The van der Waals surface area contributed by atoms with Crippen LogP contribution in [0.5, 0.6) is 5.75 Å². The van der Waals surface area contributed by atoms with Gasteiger partial charge in [-0.3, -0.25) is 13.9 Å². The van der Waals surface area contributed by atoms with Crippen molar-refractivity contribution in [2.24, 2.45) is 0 Å². The Kier molecular flexibility index (Phi) is 10.8. The average molecular weight is 572 g/mol. The fourth-order valence-electron chi connectivity index (χ4n) is 4.07. The molecule has 1 atom stereocenters. The summed E-state index contributed by atoms with van der Waals surface area (Å²) in [6.45, 7) is 2.01. The van der Waals surface area contributed by atoms with Gasteiger partial charge in [-0.1, -0.05) is 61.0 Å². The molecular formula is C29H34ClN3O5S. The molecule has 10 heteroatoms. The minimum Gasteiger partial charge on any atom is -0.497 e. The Morgan fingerprint density at radius 3 is 2.15 bits per heavy atom. The second-order valence-electron chi connectivity index (χ2n) is 9.11. The van der Waals surface area contributed by atoms with Crippen LogP contribution in [-0.4, -0.2) is 57.6 Å². The van der Waals surface area contributed by atoms with Crippen molar-refractivity contribution < 1.29 is 22.7 Å². The Morgan fingerprint density at radius 1 is 0.949 bits per heavy atom. The van der Waals surface area contributed by atoms with E-state index in [2.05, 4.69) is 5.32 Å². The number of nitrogens with zero attached hydrogens (tertiary/aromatic N) is 2. The molecule has 1 N–H and O–H groups in total. The van der Waals surface area contributed by atoms with Crippen LogP contribution in [0.3, 0.4) is 0 Å². The van der Waals surface area contributed by atoms with Crippen molar-refractivity contribution >= 4 is 39.1 Å². The highest BCUT2D eigenvalue weighted by Gasteiger charge is 2.32. The minimum atomic E-state index is -3.84. The molecule has 0 heterocycles. The van der Waals surface area contributed by atoms with E-state index < -0.39 is 28.5 Å². The number of carbonyl (C=O) groups excluding carboxylic acids is 2. The lowest BCUT2D eigenvalue weighted by Gasteiger charge is -2.33. The van der Waals surface area contributed by atoms with E-state index in [4.69, 9.17) is 16.3 Å². The van der Waals surface area contributed by atoms with Crippen molar-refractivity contribution in [1.82, 2.24) is 10.2 Å². The van der Waals surface area contributed by atoms with Gasteiger partial charge < -0.3 is 15.0 Å². The molecule has 0 spiro atoms. The van der Waals surface area contributed by atoms with Crippen LogP contribution in [0.2, 0.25) is 5.02 Å². The summed E-state index contributed by atoms with van der Waals surface area (Å²) in [5, 5.41) is 3.45. The minimum absolute atomic E-state index is 0.0905. The number of hydrogen-bond acceptors (Lipinski definition) is 5. The van der Waals surface area contributed by atoms with Gasteiger partial charge in [0, 0.05) is 24.5 Å². The van der Waals surface area contributed by atoms with E-state index >= 15 is 0 Å². The largest absolute Gasteiger partial charge is 0.497 e. The van der Waals surface area contributed by atoms with Gasteiger partial charge in [0.15, 0.2) is 0 Å². The van der Waals surface area contributed by atoms with Gasteiger partial charge in [-0.2, -0.15) is 0 Å². The number of hydrogen-bond donors (Lipinski definition) is 1. The first-order chi connectivity index (χ1) is 18.6. The summed E-state index contributed by atoms with van der Waals surface area (Å²) in [4.78, 5) is 28.9. The molecule has 39 heavy (non-hydrogen) atoms. The van der Waals surface area contributed by atoms with Crippen molar-refractivity contribution in [1.29, 1.82) is 0 Å².